The van der Waals surface area contributed by atoms with Crippen LogP contribution >= 0.6 is 0 Å². The lowest BCUT2D eigenvalue weighted by atomic mass is 10.2. The van der Waals surface area contributed by atoms with Gasteiger partial charge < -0.3 is 10.1 Å². The predicted octanol–water partition coefficient (Wildman–Crippen LogP) is 2.31. The molecule has 106 valence electrons. The molecule has 3 rings (SSSR count). The van der Waals surface area contributed by atoms with Crippen molar-refractivity contribution in [2.45, 2.75) is 38.5 Å². The van der Waals surface area contributed by atoms with Crippen molar-refractivity contribution in [3.63, 3.8) is 0 Å². The Balaban J connectivity index is 1.51. The van der Waals surface area contributed by atoms with Gasteiger partial charge in [-0.3, -0.25) is 0 Å². The van der Waals surface area contributed by atoms with Crippen molar-refractivity contribution in [1.82, 2.24) is 14.8 Å². The van der Waals surface area contributed by atoms with Crippen LogP contribution in [0.5, 0.6) is 0 Å². The molecular weight excluding hydrogens is 252 g/mol. The highest BCUT2D eigenvalue weighted by Crippen LogP contribution is 2.19. The number of ether oxygens (including phenoxy) is 1. The third kappa shape index (κ3) is 3.36. The molecule has 1 fully saturated rings. The number of nitrogens with zero attached hydrogens (tertiary/aromatic N) is 3. The first kappa shape index (κ1) is 13.1. The van der Waals surface area contributed by atoms with Gasteiger partial charge in [-0.1, -0.05) is 12.1 Å². The van der Waals surface area contributed by atoms with Crippen LogP contribution in [-0.4, -0.2) is 33.5 Å². The molecule has 1 aliphatic rings. The predicted molar refractivity (Wildman–Crippen MR) is 77.6 cm³/mol. The summed E-state index contributed by atoms with van der Waals surface area (Å²) in [6, 6.07) is 8.43. The lowest BCUT2D eigenvalue weighted by Crippen LogP contribution is -2.19. The van der Waals surface area contributed by atoms with Crippen LogP contribution < -0.4 is 5.32 Å². The highest BCUT2D eigenvalue weighted by Gasteiger charge is 2.21. The summed E-state index contributed by atoms with van der Waals surface area (Å²) in [6.07, 6.45) is 6.36. The molecule has 1 N–H and O–H groups in total. The van der Waals surface area contributed by atoms with Gasteiger partial charge in [0.2, 0.25) is 0 Å². The Labute approximate surface area is 119 Å². The number of hydrogen-bond acceptors (Lipinski definition) is 4. The molecule has 0 spiro atoms. The summed E-state index contributed by atoms with van der Waals surface area (Å²) < 4.78 is 7.61. The molecule has 0 radical (unpaired) electrons. The zero-order valence-electron chi connectivity index (χ0n) is 11.7. The number of aromatic nitrogens is 3. The molecule has 2 atom stereocenters. The van der Waals surface area contributed by atoms with Gasteiger partial charge in [-0.25, -0.2) is 9.67 Å². The summed E-state index contributed by atoms with van der Waals surface area (Å²) in [5.41, 5.74) is 2.35. The second-order valence-corrected chi connectivity index (χ2v) is 5.32. The van der Waals surface area contributed by atoms with Gasteiger partial charge in [0.25, 0.3) is 0 Å². The van der Waals surface area contributed by atoms with Gasteiger partial charge in [0.15, 0.2) is 0 Å². The fraction of sp³-hybridized carbons (Fsp3) is 0.467. The Morgan fingerprint density at radius 2 is 2.15 bits per heavy atom. The largest absolute Gasteiger partial charge is 0.382 e. The second-order valence-electron chi connectivity index (χ2n) is 5.32. The lowest BCUT2D eigenvalue weighted by Gasteiger charge is -2.13. The van der Waals surface area contributed by atoms with Gasteiger partial charge in [-0.15, -0.1) is 0 Å². The first-order valence-corrected chi connectivity index (χ1v) is 7.10. The van der Waals surface area contributed by atoms with E-state index >= 15 is 0 Å². The van der Waals surface area contributed by atoms with Gasteiger partial charge in [0.05, 0.1) is 18.8 Å². The van der Waals surface area contributed by atoms with Crippen molar-refractivity contribution >= 4 is 5.69 Å². The molecule has 2 unspecified atom stereocenters. The van der Waals surface area contributed by atoms with Crippen LogP contribution in [0.3, 0.4) is 0 Å². The Morgan fingerprint density at radius 1 is 1.30 bits per heavy atom. The van der Waals surface area contributed by atoms with E-state index in [1.807, 2.05) is 4.68 Å². The monoisotopic (exact) mass is 272 g/mol. The first-order chi connectivity index (χ1) is 9.79. The van der Waals surface area contributed by atoms with Crippen LogP contribution in [0, 0.1) is 0 Å². The van der Waals surface area contributed by atoms with Crippen molar-refractivity contribution in [3.8, 4) is 0 Å². The molecule has 2 aromatic rings. The summed E-state index contributed by atoms with van der Waals surface area (Å²) in [5.74, 6) is 0. The zero-order valence-corrected chi connectivity index (χ0v) is 11.7. The maximum Gasteiger partial charge on any atom is 0.137 e. The number of rotatable bonds is 5. The molecule has 0 amide bonds. The average Bonchev–Trinajstić information content (AvgIpc) is 3.10. The van der Waals surface area contributed by atoms with Crippen LogP contribution in [0.15, 0.2) is 36.9 Å². The minimum atomic E-state index is 0.347. The molecule has 5 nitrogen and oxygen atoms in total. The molecule has 20 heavy (non-hydrogen) atoms. The third-order valence-corrected chi connectivity index (χ3v) is 3.62. The lowest BCUT2D eigenvalue weighted by molar-refractivity contribution is 0.0637. The van der Waals surface area contributed by atoms with E-state index in [4.69, 9.17) is 4.74 Å². The summed E-state index contributed by atoms with van der Waals surface area (Å²) in [4.78, 5) is 3.94. The Morgan fingerprint density at radius 3 is 2.80 bits per heavy atom. The molecule has 0 bridgehead atoms. The quantitative estimate of drug-likeness (QED) is 0.907. The van der Waals surface area contributed by atoms with Crippen LogP contribution in [0.2, 0.25) is 0 Å². The van der Waals surface area contributed by atoms with Crippen molar-refractivity contribution < 1.29 is 4.74 Å². The van der Waals surface area contributed by atoms with Gasteiger partial charge in [0.1, 0.15) is 12.7 Å². The minimum Gasteiger partial charge on any atom is -0.382 e. The smallest absolute Gasteiger partial charge is 0.137 e. The fourth-order valence-electron chi connectivity index (χ4n) is 2.50. The van der Waals surface area contributed by atoms with E-state index in [2.05, 4.69) is 46.6 Å². The maximum absolute atomic E-state index is 5.80. The zero-order chi connectivity index (χ0) is 13.8. The Kier molecular flexibility index (Phi) is 3.97. The second kappa shape index (κ2) is 6.05. The summed E-state index contributed by atoms with van der Waals surface area (Å²) in [5, 5.41) is 7.54. The van der Waals surface area contributed by atoms with Gasteiger partial charge in [0, 0.05) is 12.2 Å². The van der Waals surface area contributed by atoms with Gasteiger partial charge in [-0.2, -0.15) is 5.10 Å². The summed E-state index contributed by atoms with van der Waals surface area (Å²) >= 11 is 0. The number of anilines is 1. The van der Waals surface area contributed by atoms with Crippen LogP contribution in [0.4, 0.5) is 5.69 Å². The molecule has 1 aromatic carbocycles. The number of benzene rings is 1. The summed E-state index contributed by atoms with van der Waals surface area (Å²) in [6.45, 7) is 3.77. The molecule has 0 saturated carbocycles. The number of hydrogen-bond donors (Lipinski definition) is 1. The molecule has 1 aliphatic heterocycles. The van der Waals surface area contributed by atoms with E-state index in [1.54, 1.807) is 12.7 Å². The van der Waals surface area contributed by atoms with Gasteiger partial charge >= 0.3 is 0 Å². The Bertz CT molecular complexity index is 523. The van der Waals surface area contributed by atoms with E-state index in [0.717, 1.165) is 25.2 Å². The third-order valence-electron chi connectivity index (χ3n) is 3.62. The highest BCUT2D eigenvalue weighted by molar-refractivity contribution is 5.44. The van der Waals surface area contributed by atoms with Crippen molar-refractivity contribution in [2.24, 2.45) is 0 Å². The van der Waals surface area contributed by atoms with E-state index in [9.17, 15) is 0 Å². The molecule has 2 heterocycles. The summed E-state index contributed by atoms with van der Waals surface area (Å²) in [7, 11) is 0. The van der Waals surface area contributed by atoms with Crippen molar-refractivity contribution in [3.05, 3.63) is 42.5 Å². The van der Waals surface area contributed by atoms with Gasteiger partial charge in [-0.05, 0) is 37.5 Å². The Hall–Kier alpha value is -1.88. The maximum atomic E-state index is 5.80. The minimum absolute atomic E-state index is 0.347. The molecule has 5 heteroatoms. The van der Waals surface area contributed by atoms with E-state index in [0.29, 0.717) is 12.2 Å². The topological polar surface area (TPSA) is 52.0 Å². The van der Waals surface area contributed by atoms with Crippen molar-refractivity contribution in [2.75, 3.05) is 11.9 Å². The normalized spacial score (nSPS) is 22.1. The fourth-order valence-corrected chi connectivity index (χ4v) is 2.50. The highest BCUT2D eigenvalue weighted by atomic mass is 16.5. The van der Waals surface area contributed by atoms with E-state index < -0.39 is 0 Å². The van der Waals surface area contributed by atoms with Crippen LogP contribution in [0.25, 0.3) is 0 Å². The first-order valence-electron chi connectivity index (χ1n) is 7.10. The van der Waals surface area contributed by atoms with Crippen LogP contribution in [0.1, 0.15) is 25.3 Å². The SMILES string of the molecule is CC1CCC(CNc2ccc(Cn3cncn3)cc2)O1. The van der Waals surface area contributed by atoms with Crippen molar-refractivity contribution in [1.29, 1.82) is 0 Å². The molecule has 1 saturated heterocycles. The van der Waals surface area contributed by atoms with E-state index in [-0.39, 0.29) is 0 Å². The van der Waals surface area contributed by atoms with E-state index in [1.165, 1.54) is 12.0 Å². The van der Waals surface area contributed by atoms with Crippen LogP contribution in [-0.2, 0) is 11.3 Å². The molecular formula is C15H20N4O. The molecule has 1 aromatic heterocycles. The number of nitrogens with one attached hydrogen (secondary N) is 1. The molecule has 0 aliphatic carbocycles. The average molecular weight is 272 g/mol. The standard InChI is InChI=1S/C15H20N4O/c1-12-2-7-15(20-12)8-17-14-5-3-13(4-6-14)9-19-11-16-10-18-19/h3-6,10-12,15,17H,2,7-9H2,1H3.